The van der Waals surface area contributed by atoms with Gasteiger partial charge in [0.2, 0.25) is 0 Å². The highest BCUT2D eigenvalue weighted by molar-refractivity contribution is 5.89. The Morgan fingerprint density at radius 2 is 1.33 bits per heavy atom. The van der Waals surface area contributed by atoms with Crippen molar-refractivity contribution in [1.29, 1.82) is 0 Å². The van der Waals surface area contributed by atoms with Crippen LogP contribution in [0.5, 0.6) is 0 Å². The SMILES string of the molecule is CC(=NC(=NC(C)C)OC(C)(C)C)OC(C)(C)C. The molecule has 0 aromatic rings. The van der Waals surface area contributed by atoms with E-state index in [1.807, 2.05) is 62.3 Å². The van der Waals surface area contributed by atoms with Crippen LogP contribution >= 0.6 is 0 Å². The smallest absolute Gasteiger partial charge is 0.315 e. The molecule has 18 heavy (non-hydrogen) atoms. The van der Waals surface area contributed by atoms with Crippen LogP contribution in [-0.4, -0.2) is 29.2 Å². The number of ether oxygens (including phenoxy) is 2. The van der Waals surface area contributed by atoms with Crippen molar-refractivity contribution >= 4 is 11.9 Å². The summed E-state index contributed by atoms with van der Waals surface area (Å²) < 4.78 is 11.4. The van der Waals surface area contributed by atoms with Crippen molar-refractivity contribution in [2.45, 2.75) is 79.6 Å². The topological polar surface area (TPSA) is 43.2 Å². The summed E-state index contributed by atoms with van der Waals surface area (Å²) in [4.78, 5) is 8.67. The van der Waals surface area contributed by atoms with E-state index in [1.165, 1.54) is 0 Å². The zero-order valence-electron chi connectivity index (χ0n) is 13.3. The third-order valence-corrected chi connectivity index (χ3v) is 1.47. The lowest BCUT2D eigenvalue weighted by atomic mass is 10.2. The second kappa shape index (κ2) is 6.21. The van der Waals surface area contributed by atoms with E-state index in [9.17, 15) is 0 Å². The average Bonchev–Trinajstić information content (AvgIpc) is 1.92. The van der Waals surface area contributed by atoms with Crippen molar-refractivity contribution in [1.82, 2.24) is 0 Å². The molecule has 0 radical (unpaired) electrons. The van der Waals surface area contributed by atoms with Crippen LogP contribution in [0.4, 0.5) is 0 Å². The van der Waals surface area contributed by atoms with Gasteiger partial charge in [-0.1, -0.05) is 0 Å². The number of aliphatic imine (C=N–C) groups is 2. The summed E-state index contributed by atoms with van der Waals surface area (Å²) in [5.41, 5.74) is -0.586. The lowest BCUT2D eigenvalue weighted by Crippen LogP contribution is -2.26. The van der Waals surface area contributed by atoms with Crippen LogP contribution in [0.15, 0.2) is 9.98 Å². The van der Waals surface area contributed by atoms with Crippen LogP contribution in [0, 0.1) is 0 Å². The zero-order valence-corrected chi connectivity index (χ0v) is 13.3. The first-order chi connectivity index (χ1) is 7.89. The molecule has 0 bridgehead atoms. The van der Waals surface area contributed by atoms with Crippen molar-refractivity contribution in [3.8, 4) is 0 Å². The molecule has 0 spiro atoms. The molecule has 0 fully saturated rings. The maximum atomic E-state index is 5.72. The van der Waals surface area contributed by atoms with Crippen molar-refractivity contribution in [3.05, 3.63) is 0 Å². The monoisotopic (exact) mass is 256 g/mol. The van der Waals surface area contributed by atoms with Crippen LogP contribution in [0.3, 0.4) is 0 Å². The first-order valence-electron chi connectivity index (χ1n) is 6.40. The Kier molecular flexibility index (Phi) is 5.84. The Hall–Kier alpha value is -1.06. The molecule has 0 aliphatic carbocycles. The van der Waals surface area contributed by atoms with Gasteiger partial charge in [-0.3, -0.25) is 0 Å². The molecule has 0 aliphatic rings. The number of amidine groups is 1. The summed E-state index contributed by atoms with van der Waals surface area (Å²) in [6, 6.07) is 0.507. The summed E-state index contributed by atoms with van der Waals surface area (Å²) in [6.45, 7) is 17.6. The second-order valence-corrected chi connectivity index (χ2v) is 6.57. The van der Waals surface area contributed by atoms with Crippen molar-refractivity contribution in [3.63, 3.8) is 0 Å². The predicted octanol–water partition coefficient (Wildman–Crippen LogP) is 3.80. The Labute approximate surface area is 112 Å². The van der Waals surface area contributed by atoms with E-state index in [-0.39, 0.29) is 17.2 Å². The van der Waals surface area contributed by atoms with Gasteiger partial charge in [0.05, 0.1) is 0 Å². The largest absolute Gasteiger partial charge is 0.475 e. The van der Waals surface area contributed by atoms with Crippen LogP contribution in [0.1, 0.15) is 62.3 Å². The van der Waals surface area contributed by atoms with E-state index in [2.05, 4.69) is 9.98 Å². The van der Waals surface area contributed by atoms with Gasteiger partial charge in [-0.15, -0.1) is 0 Å². The molecule has 4 heteroatoms. The van der Waals surface area contributed by atoms with Crippen LogP contribution in [-0.2, 0) is 9.47 Å². The number of rotatable bonds is 1. The highest BCUT2D eigenvalue weighted by Gasteiger charge is 2.17. The van der Waals surface area contributed by atoms with E-state index in [1.54, 1.807) is 0 Å². The van der Waals surface area contributed by atoms with Gasteiger partial charge in [-0.05, 0) is 55.4 Å². The van der Waals surface area contributed by atoms with Gasteiger partial charge in [0.25, 0.3) is 0 Å². The van der Waals surface area contributed by atoms with Crippen molar-refractivity contribution in [2.75, 3.05) is 0 Å². The molecule has 106 valence electrons. The van der Waals surface area contributed by atoms with Gasteiger partial charge in [-0.25, -0.2) is 4.99 Å². The van der Waals surface area contributed by atoms with E-state index < -0.39 is 0 Å². The van der Waals surface area contributed by atoms with E-state index in [0.717, 1.165) is 0 Å². The van der Waals surface area contributed by atoms with E-state index >= 15 is 0 Å². The lowest BCUT2D eigenvalue weighted by molar-refractivity contribution is 0.106. The molecule has 0 aliphatic heterocycles. The molecule has 0 saturated carbocycles. The fourth-order valence-corrected chi connectivity index (χ4v) is 1.17. The molecular weight excluding hydrogens is 228 g/mol. The lowest BCUT2D eigenvalue weighted by Gasteiger charge is -2.23. The number of nitrogens with zero attached hydrogens (tertiary/aromatic N) is 2. The first kappa shape index (κ1) is 16.9. The molecule has 0 amide bonds. The van der Waals surface area contributed by atoms with Gasteiger partial charge in [-0.2, -0.15) is 4.99 Å². The molecular formula is C14H28N2O2. The molecule has 0 heterocycles. The molecule has 0 aromatic carbocycles. The van der Waals surface area contributed by atoms with Gasteiger partial charge in [0, 0.05) is 13.0 Å². The Morgan fingerprint density at radius 1 is 0.889 bits per heavy atom. The van der Waals surface area contributed by atoms with Gasteiger partial charge in [0.15, 0.2) is 5.90 Å². The van der Waals surface area contributed by atoms with Crippen molar-refractivity contribution in [2.24, 2.45) is 9.98 Å². The normalized spacial score (nSPS) is 15.0. The van der Waals surface area contributed by atoms with Gasteiger partial charge in [0.1, 0.15) is 11.2 Å². The second-order valence-electron chi connectivity index (χ2n) is 6.57. The maximum absolute atomic E-state index is 5.72. The molecule has 0 N–H and O–H groups in total. The molecule has 0 rings (SSSR count). The van der Waals surface area contributed by atoms with Crippen LogP contribution in [0.2, 0.25) is 0 Å². The third kappa shape index (κ3) is 10.1. The highest BCUT2D eigenvalue weighted by Crippen LogP contribution is 2.11. The molecule has 0 aromatic heterocycles. The standard InChI is InChI=1S/C14H28N2O2/c1-10(2)15-12(18-14(7,8)9)16-11(3)17-13(4,5)6/h10H,1-9H3. The Balaban J connectivity index is 4.95. The van der Waals surface area contributed by atoms with E-state index in [4.69, 9.17) is 9.47 Å². The summed E-state index contributed by atoms with van der Waals surface area (Å²) >= 11 is 0. The first-order valence-corrected chi connectivity index (χ1v) is 6.40. The number of hydrogen-bond donors (Lipinski definition) is 0. The minimum absolute atomic E-state index is 0.133. The molecule has 4 nitrogen and oxygen atoms in total. The summed E-state index contributed by atoms with van der Waals surface area (Å²) in [5, 5.41) is 0. The molecule has 0 unspecified atom stereocenters. The molecule has 0 saturated heterocycles. The zero-order chi connectivity index (χ0) is 14.6. The quantitative estimate of drug-likeness (QED) is 0.529. The minimum Gasteiger partial charge on any atom is -0.475 e. The van der Waals surface area contributed by atoms with Crippen LogP contribution in [0.25, 0.3) is 0 Å². The minimum atomic E-state index is -0.320. The fourth-order valence-electron chi connectivity index (χ4n) is 1.17. The summed E-state index contributed by atoms with van der Waals surface area (Å²) in [5.74, 6) is 0.561. The summed E-state index contributed by atoms with van der Waals surface area (Å²) in [7, 11) is 0. The predicted molar refractivity (Wildman–Crippen MR) is 77.4 cm³/mol. The van der Waals surface area contributed by atoms with Crippen molar-refractivity contribution < 1.29 is 9.47 Å². The Morgan fingerprint density at radius 3 is 1.67 bits per heavy atom. The average molecular weight is 256 g/mol. The number of hydrogen-bond acceptors (Lipinski definition) is 3. The van der Waals surface area contributed by atoms with Crippen LogP contribution < -0.4 is 0 Å². The highest BCUT2D eigenvalue weighted by atomic mass is 16.5. The third-order valence-electron chi connectivity index (χ3n) is 1.47. The summed E-state index contributed by atoms with van der Waals surface area (Å²) in [6.07, 6.45) is 0. The Bertz CT molecular complexity index is 318. The van der Waals surface area contributed by atoms with E-state index in [0.29, 0.717) is 11.9 Å². The van der Waals surface area contributed by atoms with Gasteiger partial charge < -0.3 is 9.47 Å². The molecule has 0 atom stereocenters. The maximum Gasteiger partial charge on any atom is 0.315 e. The van der Waals surface area contributed by atoms with Gasteiger partial charge >= 0.3 is 6.02 Å². The fraction of sp³-hybridized carbons (Fsp3) is 0.857.